The molecule has 0 N–H and O–H groups in total. The quantitative estimate of drug-likeness (QED) is 0.779. The maximum absolute atomic E-state index is 5.86. The summed E-state index contributed by atoms with van der Waals surface area (Å²) in [6.45, 7) is 9.00. The number of halogens is 2. The van der Waals surface area contributed by atoms with E-state index in [4.69, 9.17) is 11.6 Å². The van der Waals surface area contributed by atoms with E-state index in [9.17, 15) is 0 Å². The molecule has 0 aliphatic carbocycles. The number of nitrogens with zero attached hydrogens (tertiary/aromatic N) is 2. The minimum atomic E-state index is 0.568. The molecule has 1 atom stereocenters. The van der Waals surface area contributed by atoms with Crippen LogP contribution in [-0.4, -0.2) is 37.1 Å². The Hall–Kier alpha value is -0.250. The predicted molar refractivity (Wildman–Crippen MR) is 82.6 cm³/mol. The van der Waals surface area contributed by atoms with E-state index in [1.54, 1.807) is 0 Å². The first-order valence-corrected chi connectivity index (χ1v) is 7.81. The number of hydrogen-bond donors (Lipinski definition) is 0. The minimum Gasteiger partial charge on any atom is -0.368 e. The van der Waals surface area contributed by atoms with E-state index in [0.29, 0.717) is 11.9 Å². The van der Waals surface area contributed by atoms with E-state index in [1.807, 2.05) is 0 Å². The van der Waals surface area contributed by atoms with Crippen molar-refractivity contribution in [3.63, 3.8) is 0 Å². The average molecular weight is 332 g/mol. The number of hydrogen-bond acceptors (Lipinski definition) is 2. The third kappa shape index (κ3) is 3.01. The van der Waals surface area contributed by atoms with Gasteiger partial charge in [0.1, 0.15) is 0 Å². The molecule has 2 rings (SSSR count). The van der Waals surface area contributed by atoms with Crippen LogP contribution in [0.2, 0.25) is 0 Å². The molecular weight excluding hydrogens is 312 g/mol. The Morgan fingerprint density at radius 2 is 2.17 bits per heavy atom. The number of alkyl halides is 1. The molecule has 100 valence electrons. The van der Waals surface area contributed by atoms with Gasteiger partial charge in [-0.25, -0.2) is 0 Å². The molecule has 1 fully saturated rings. The van der Waals surface area contributed by atoms with Crippen molar-refractivity contribution in [3.8, 4) is 0 Å². The molecule has 1 heterocycles. The fraction of sp³-hybridized carbons (Fsp3) is 0.571. The standard InChI is InChI=1S/C14H20BrClN2/c1-3-17-6-7-18(10-11(17)2)14-5-4-12(9-16)8-13(14)15/h4-5,8,11H,3,6-7,9-10H2,1-2H3. The summed E-state index contributed by atoms with van der Waals surface area (Å²) in [5.74, 6) is 0.568. The fourth-order valence-corrected chi connectivity index (χ4v) is 3.42. The number of rotatable bonds is 3. The molecule has 1 aromatic rings. The van der Waals surface area contributed by atoms with Gasteiger partial charge >= 0.3 is 0 Å². The van der Waals surface area contributed by atoms with Crippen LogP contribution < -0.4 is 4.90 Å². The van der Waals surface area contributed by atoms with Crippen LogP contribution >= 0.6 is 27.5 Å². The van der Waals surface area contributed by atoms with Crippen LogP contribution in [0.25, 0.3) is 0 Å². The molecule has 0 bridgehead atoms. The first kappa shape index (κ1) is 14.2. The second-order valence-corrected chi connectivity index (χ2v) is 5.96. The minimum absolute atomic E-state index is 0.568. The first-order chi connectivity index (χ1) is 8.65. The summed E-state index contributed by atoms with van der Waals surface area (Å²) in [5.41, 5.74) is 2.44. The zero-order valence-corrected chi connectivity index (χ0v) is 13.3. The second kappa shape index (κ2) is 6.27. The lowest BCUT2D eigenvalue weighted by atomic mass is 10.1. The van der Waals surface area contributed by atoms with Gasteiger partial charge in [0, 0.05) is 36.0 Å². The van der Waals surface area contributed by atoms with Crippen LogP contribution in [0, 0.1) is 0 Å². The molecule has 1 saturated heterocycles. The van der Waals surface area contributed by atoms with Gasteiger partial charge in [0.2, 0.25) is 0 Å². The van der Waals surface area contributed by atoms with Gasteiger partial charge < -0.3 is 4.90 Å². The van der Waals surface area contributed by atoms with Crippen LogP contribution in [0.5, 0.6) is 0 Å². The highest BCUT2D eigenvalue weighted by Crippen LogP contribution is 2.29. The summed E-state index contributed by atoms with van der Waals surface area (Å²) < 4.78 is 1.15. The molecule has 4 heteroatoms. The topological polar surface area (TPSA) is 6.48 Å². The summed E-state index contributed by atoms with van der Waals surface area (Å²) in [7, 11) is 0. The number of benzene rings is 1. The molecule has 0 amide bonds. The fourth-order valence-electron chi connectivity index (χ4n) is 2.57. The van der Waals surface area contributed by atoms with Crippen molar-refractivity contribution in [1.82, 2.24) is 4.90 Å². The number of anilines is 1. The van der Waals surface area contributed by atoms with Crippen LogP contribution in [0.15, 0.2) is 22.7 Å². The summed E-state index contributed by atoms with van der Waals surface area (Å²) in [5, 5.41) is 0. The van der Waals surface area contributed by atoms with Crippen LogP contribution in [0.1, 0.15) is 19.4 Å². The maximum atomic E-state index is 5.86. The first-order valence-electron chi connectivity index (χ1n) is 6.49. The van der Waals surface area contributed by atoms with Crippen LogP contribution in [0.3, 0.4) is 0 Å². The highest BCUT2D eigenvalue weighted by molar-refractivity contribution is 9.10. The number of likely N-dealkylation sites (N-methyl/N-ethyl adjacent to an activating group) is 1. The number of piperazine rings is 1. The van der Waals surface area contributed by atoms with E-state index in [1.165, 1.54) is 5.69 Å². The van der Waals surface area contributed by atoms with Gasteiger partial charge in [-0.15, -0.1) is 11.6 Å². The molecule has 18 heavy (non-hydrogen) atoms. The summed E-state index contributed by atoms with van der Waals surface area (Å²) in [6.07, 6.45) is 0. The zero-order valence-electron chi connectivity index (χ0n) is 11.0. The van der Waals surface area contributed by atoms with Crippen molar-refractivity contribution >= 4 is 33.2 Å². The van der Waals surface area contributed by atoms with Gasteiger partial charge in [-0.05, 0) is 47.1 Å². The molecule has 2 nitrogen and oxygen atoms in total. The molecule has 1 aliphatic heterocycles. The Morgan fingerprint density at radius 3 is 2.72 bits per heavy atom. The molecule has 0 aromatic heterocycles. The smallest absolute Gasteiger partial charge is 0.0511 e. The van der Waals surface area contributed by atoms with E-state index in [-0.39, 0.29) is 0 Å². The molecule has 1 aliphatic rings. The highest BCUT2D eigenvalue weighted by Gasteiger charge is 2.23. The summed E-state index contributed by atoms with van der Waals surface area (Å²) in [4.78, 5) is 4.98. The van der Waals surface area contributed by atoms with E-state index in [2.05, 4.69) is 57.8 Å². The Kier molecular flexibility index (Phi) is 4.93. The molecule has 0 spiro atoms. The zero-order chi connectivity index (χ0) is 13.1. The van der Waals surface area contributed by atoms with Crippen molar-refractivity contribution in [2.45, 2.75) is 25.8 Å². The third-order valence-corrected chi connectivity index (χ3v) is 4.62. The van der Waals surface area contributed by atoms with Crippen molar-refractivity contribution in [2.24, 2.45) is 0 Å². The van der Waals surface area contributed by atoms with Crippen molar-refractivity contribution in [1.29, 1.82) is 0 Å². The highest BCUT2D eigenvalue weighted by atomic mass is 79.9. The van der Waals surface area contributed by atoms with Crippen molar-refractivity contribution in [3.05, 3.63) is 28.2 Å². The molecule has 0 saturated carbocycles. The van der Waals surface area contributed by atoms with Crippen LogP contribution in [0.4, 0.5) is 5.69 Å². The summed E-state index contributed by atoms with van der Waals surface area (Å²) >= 11 is 9.52. The van der Waals surface area contributed by atoms with Crippen LogP contribution in [-0.2, 0) is 5.88 Å². The van der Waals surface area contributed by atoms with Gasteiger partial charge in [0.15, 0.2) is 0 Å². The normalized spacial score (nSPS) is 21.3. The van der Waals surface area contributed by atoms with Crippen molar-refractivity contribution in [2.75, 3.05) is 31.1 Å². The lowest BCUT2D eigenvalue weighted by Gasteiger charge is -2.40. The van der Waals surface area contributed by atoms with Gasteiger partial charge in [-0.2, -0.15) is 0 Å². The SMILES string of the molecule is CCN1CCN(c2ccc(CCl)cc2Br)CC1C. The largest absolute Gasteiger partial charge is 0.368 e. The Bertz CT molecular complexity index is 411. The van der Waals surface area contributed by atoms with Gasteiger partial charge in [0.05, 0.1) is 5.69 Å². The Morgan fingerprint density at radius 1 is 1.39 bits per heavy atom. The maximum Gasteiger partial charge on any atom is 0.0511 e. The van der Waals surface area contributed by atoms with Crippen molar-refractivity contribution < 1.29 is 0 Å². The van der Waals surface area contributed by atoms with Gasteiger partial charge in [0.25, 0.3) is 0 Å². The summed E-state index contributed by atoms with van der Waals surface area (Å²) in [6, 6.07) is 7.03. The third-order valence-electron chi connectivity index (χ3n) is 3.68. The molecule has 1 aromatic carbocycles. The Labute approximate surface area is 123 Å². The van der Waals surface area contributed by atoms with E-state index >= 15 is 0 Å². The van der Waals surface area contributed by atoms with Gasteiger partial charge in [-0.1, -0.05) is 13.0 Å². The second-order valence-electron chi connectivity index (χ2n) is 4.84. The lowest BCUT2D eigenvalue weighted by Crippen LogP contribution is -2.51. The van der Waals surface area contributed by atoms with Gasteiger partial charge in [-0.3, -0.25) is 4.90 Å². The molecular formula is C14H20BrClN2. The van der Waals surface area contributed by atoms with E-state index in [0.717, 1.165) is 36.2 Å². The predicted octanol–water partition coefficient (Wildman–Crippen LogP) is 3.72. The molecule has 1 unspecified atom stereocenters. The average Bonchev–Trinajstić information content (AvgIpc) is 2.38. The molecule has 0 radical (unpaired) electrons. The Balaban J connectivity index is 2.13. The van der Waals surface area contributed by atoms with E-state index < -0.39 is 0 Å². The lowest BCUT2D eigenvalue weighted by molar-refractivity contribution is 0.199. The monoisotopic (exact) mass is 330 g/mol.